The second kappa shape index (κ2) is 5.01. The van der Waals surface area contributed by atoms with E-state index in [9.17, 15) is 0 Å². The number of terminal acetylenes is 1. The normalized spacial score (nSPS) is 12.6. The van der Waals surface area contributed by atoms with Crippen molar-refractivity contribution in [3.63, 3.8) is 0 Å². The quantitative estimate of drug-likeness (QED) is 0.631. The minimum Gasteiger partial charge on any atom is -0.301 e. The lowest BCUT2D eigenvalue weighted by Crippen LogP contribution is -2.07. The zero-order chi connectivity index (χ0) is 14.9. The molecule has 1 aliphatic heterocycles. The van der Waals surface area contributed by atoms with Crippen LogP contribution in [0.15, 0.2) is 66.0 Å². The lowest BCUT2D eigenvalue weighted by molar-refractivity contribution is 0.923. The van der Waals surface area contributed by atoms with Gasteiger partial charge in [-0.1, -0.05) is 36.3 Å². The summed E-state index contributed by atoms with van der Waals surface area (Å²) in [5, 5.41) is 0. The summed E-state index contributed by atoms with van der Waals surface area (Å²) < 4.78 is 2.08. The van der Waals surface area contributed by atoms with E-state index >= 15 is 0 Å². The van der Waals surface area contributed by atoms with Gasteiger partial charge in [0.05, 0.1) is 36.2 Å². The summed E-state index contributed by atoms with van der Waals surface area (Å²) in [6.45, 7) is 0.601. The molecule has 1 aromatic heterocycles. The smallest absolute Gasteiger partial charge is 0.0995 e. The lowest BCUT2D eigenvalue weighted by atomic mass is 9.98. The molecule has 0 atom stereocenters. The molecule has 0 saturated carbocycles. The maximum atomic E-state index is 5.57. The Kier molecular flexibility index (Phi) is 2.87. The first-order valence-electron chi connectivity index (χ1n) is 7.09. The summed E-state index contributed by atoms with van der Waals surface area (Å²) in [6, 6.07) is 16.2. The summed E-state index contributed by atoms with van der Waals surface area (Å²) in [6.07, 6.45) is 9.26. The minimum absolute atomic E-state index is 0.601. The Morgan fingerprint density at radius 2 is 1.95 bits per heavy atom. The Hall–Kier alpha value is -3.12. The van der Waals surface area contributed by atoms with Gasteiger partial charge in [-0.2, -0.15) is 0 Å². The van der Waals surface area contributed by atoms with Gasteiger partial charge >= 0.3 is 0 Å². The van der Waals surface area contributed by atoms with Gasteiger partial charge in [-0.15, -0.1) is 6.42 Å². The van der Waals surface area contributed by atoms with Crippen molar-refractivity contribution >= 4 is 5.71 Å². The summed E-state index contributed by atoms with van der Waals surface area (Å²) in [5.74, 6) is 2.71. The first-order valence-corrected chi connectivity index (χ1v) is 7.09. The molecule has 1 aliphatic rings. The van der Waals surface area contributed by atoms with Gasteiger partial charge in [-0.05, 0) is 18.2 Å². The third-order valence-corrected chi connectivity index (χ3v) is 3.84. The Balaban J connectivity index is 2.00. The van der Waals surface area contributed by atoms with E-state index in [1.807, 2.05) is 48.9 Å². The number of nitrogens with zero attached hydrogens (tertiary/aromatic N) is 3. The topological polar surface area (TPSA) is 30.2 Å². The molecule has 0 aliphatic carbocycles. The molecule has 0 spiro atoms. The molecular formula is C19H13N3. The molecule has 0 amide bonds. The van der Waals surface area contributed by atoms with Crippen molar-refractivity contribution in [2.45, 2.75) is 6.54 Å². The summed E-state index contributed by atoms with van der Waals surface area (Å²) in [4.78, 5) is 9.05. The van der Waals surface area contributed by atoms with Crippen molar-refractivity contribution in [2.75, 3.05) is 0 Å². The number of aromatic nitrogens is 2. The van der Waals surface area contributed by atoms with E-state index in [4.69, 9.17) is 11.4 Å². The van der Waals surface area contributed by atoms with Gasteiger partial charge in [0.15, 0.2) is 0 Å². The van der Waals surface area contributed by atoms with Crippen molar-refractivity contribution in [3.05, 3.63) is 83.4 Å². The van der Waals surface area contributed by atoms with Crippen molar-refractivity contribution in [1.82, 2.24) is 9.55 Å². The molecule has 0 bridgehead atoms. The van der Waals surface area contributed by atoms with Gasteiger partial charge in [0, 0.05) is 16.7 Å². The van der Waals surface area contributed by atoms with Crippen LogP contribution >= 0.6 is 0 Å². The highest BCUT2D eigenvalue weighted by molar-refractivity contribution is 6.15. The lowest BCUT2D eigenvalue weighted by Gasteiger charge is -2.12. The third kappa shape index (κ3) is 1.94. The molecular weight excluding hydrogens is 270 g/mol. The van der Waals surface area contributed by atoms with E-state index in [1.54, 1.807) is 0 Å². The van der Waals surface area contributed by atoms with Crippen LogP contribution in [0.2, 0.25) is 0 Å². The number of benzene rings is 2. The van der Waals surface area contributed by atoms with E-state index in [1.165, 1.54) is 0 Å². The van der Waals surface area contributed by atoms with Gasteiger partial charge in [0.2, 0.25) is 0 Å². The van der Waals surface area contributed by atoms with E-state index in [0.29, 0.717) is 6.54 Å². The predicted octanol–water partition coefficient (Wildman–Crippen LogP) is 3.20. The van der Waals surface area contributed by atoms with Crippen LogP contribution in [0.25, 0.3) is 5.69 Å². The van der Waals surface area contributed by atoms with Crippen LogP contribution in [0.4, 0.5) is 0 Å². The number of imidazole rings is 1. The van der Waals surface area contributed by atoms with Crippen LogP contribution in [-0.4, -0.2) is 15.3 Å². The van der Waals surface area contributed by atoms with E-state index in [-0.39, 0.29) is 0 Å². The highest BCUT2D eigenvalue weighted by Gasteiger charge is 2.18. The van der Waals surface area contributed by atoms with Crippen LogP contribution < -0.4 is 0 Å². The number of hydrogen-bond acceptors (Lipinski definition) is 2. The average molecular weight is 283 g/mol. The molecule has 4 rings (SSSR count). The molecule has 104 valence electrons. The Morgan fingerprint density at radius 1 is 1.09 bits per heavy atom. The van der Waals surface area contributed by atoms with Crippen LogP contribution in [0, 0.1) is 12.3 Å². The van der Waals surface area contributed by atoms with Crippen LogP contribution in [-0.2, 0) is 6.54 Å². The van der Waals surface area contributed by atoms with Gasteiger partial charge in [0.25, 0.3) is 0 Å². The molecule has 2 heterocycles. The Morgan fingerprint density at radius 3 is 2.77 bits per heavy atom. The molecule has 22 heavy (non-hydrogen) atoms. The Labute approximate surface area is 129 Å². The molecule has 3 heteroatoms. The van der Waals surface area contributed by atoms with Gasteiger partial charge < -0.3 is 4.57 Å². The zero-order valence-electron chi connectivity index (χ0n) is 11.9. The Bertz CT molecular complexity index is 911. The predicted molar refractivity (Wildman–Crippen MR) is 87.3 cm³/mol. The maximum absolute atomic E-state index is 5.57. The summed E-state index contributed by atoms with van der Waals surface area (Å²) >= 11 is 0. The van der Waals surface area contributed by atoms with E-state index in [0.717, 1.165) is 33.8 Å². The van der Waals surface area contributed by atoms with Gasteiger partial charge in [0.1, 0.15) is 0 Å². The van der Waals surface area contributed by atoms with Crippen LogP contribution in [0.1, 0.15) is 22.4 Å². The summed E-state index contributed by atoms with van der Waals surface area (Å²) in [5.41, 5.74) is 6.09. The fourth-order valence-electron chi connectivity index (χ4n) is 2.77. The second-order valence-electron chi connectivity index (χ2n) is 5.16. The maximum Gasteiger partial charge on any atom is 0.0995 e. The van der Waals surface area contributed by atoms with Crippen LogP contribution in [0.5, 0.6) is 0 Å². The molecule has 3 nitrogen and oxygen atoms in total. The van der Waals surface area contributed by atoms with Gasteiger partial charge in [-0.25, -0.2) is 4.98 Å². The SMILES string of the molecule is C#Cc1ccc2c(c1)C(c1ccccc1)=NCc1cncn1-2. The second-order valence-corrected chi connectivity index (χ2v) is 5.16. The molecule has 3 aromatic rings. The number of aliphatic imine (C=N–C) groups is 1. The first-order chi connectivity index (χ1) is 10.9. The molecule has 0 radical (unpaired) electrons. The number of rotatable bonds is 1. The van der Waals surface area contributed by atoms with Crippen molar-refractivity contribution in [2.24, 2.45) is 4.99 Å². The van der Waals surface area contributed by atoms with E-state index < -0.39 is 0 Å². The van der Waals surface area contributed by atoms with Crippen molar-refractivity contribution in [3.8, 4) is 18.0 Å². The fraction of sp³-hybridized carbons (Fsp3) is 0.0526. The molecule has 0 fully saturated rings. The molecule has 0 N–H and O–H groups in total. The minimum atomic E-state index is 0.601. The highest BCUT2D eigenvalue weighted by atomic mass is 15.1. The van der Waals surface area contributed by atoms with Crippen LogP contribution in [0.3, 0.4) is 0 Å². The number of fused-ring (bicyclic) bond motifs is 3. The number of hydrogen-bond donors (Lipinski definition) is 0. The van der Waals surface area contributed by atoms with Crippen molar-refractivity contribution in [1.29, 1.82) is 0 Å². The standard InChI is InChI=1S/C19H13N3/c1-2-14-8-9-18-17(10-14)19(15-6-4-3-5-7-15)21-12-16-11-20-13-22(16)18/h1,3-11,13H,12H2. The van der Waals surface area contributed by atoms with Crippen molar-refractivity contribution < 1.29 is 0 Å². The summed E-state index contributed by atoms with van der Waals surface area (Å²) in [7, 11) is 0. The zero-order valence-corrected chi connectivity index (χ0v) is 11.9. The average Bonchev–Trinajstić information content (AvgIpc) is 2.98. The molecule has 2 aromatic carbocycles. The monoisotopic (exact) mass is 283 g/mol. The largest absolute Gasteiger partial charge is 0.301 e. The third-order valence-electron chi connectivity index (χ3n) is 3.84. The first kappa shape index (κ1) is 12.6. The highest BCUT2D eigenvalue weighted by Crippen LogP contribution is 2.25. The van der Waals surface area contributed by atoms with Gasteiger partial charge in [-0.3, -0.25) is 4.99 Å². The molecule has 0 saturated heterocycles. The fourth-order valence-corrected chi connectivity index (χ4v) is 2.77. The van der Waals surface area contributed by atoms with E-state index in [2.05, 4.69) is 27.6 Å². The molecule has 0 unspecified atom stereocenters.